The van der Waals surface area contributed by atoms with Crippen molar-refractivity contribution in [3.05, 3.63) is 39.4 Å². The summed E-state index contributed by atoms with van der Waals surface area (Å²) in [5.74, 6) is -2.02. The minimum Gasteiger partial charge on any atom is -1.00 e. The SMILES string of the molecule is CCOC(=O)C(C(C)=O)=C(O)c1ccc(Cl)cc1Cl.[H-].[Na+]. The molecule has 0 saturated heterocycles. The number of esters is 1. The summed E-state index contributed by atoms with van der Waals surface area (Å²) in [6.45, 7) is 2.85. The van der Waals surface area contributed by atoms with Crippen molar-refractivity contribution in [1.29, 1.82) is 0 Å². The van der Waals surface area contributed by atoms with Gasteiger partial charge in [-0.1, -0.05) is 23.2 Å². The molecule has 1 aromatic rings. The summed E-state index contributed by atoms with van der Waals surface area (Å²) in [6, 6.07) is 4.31. The molecule has 1 N–H and O–H groups in total. The maximum absolute atomic E-state index is 11.6. The number of rotatable bonds is 4. The first-order chi connectivity index (χ1) is 8.88. The summed E-state index contributed by atoms with van der Waals surface area (Å²) in [7, 11) is 0. The Morgan fingerprint density at radius 1 is 1.35 bits per heavy atom. The molecule has 0 aliphatic heterocycles. The van der Waals surface area contributed by atoms with Crippen LogP contribution >= 0.6 is 23.2 Å². The van der Waals surface area contributed by atoms with Crippen LogP contribution in [-0.4, -0.2) is 23.5 Å². The van der Waals surface area contributed by atoms with Crippen molar-refractivity contribution in [3.63, 3.8) is 0 Å². The number of halogens is 2. The monoisotopic (exact) mass is 326 g/mol. The van der Waals surface area contributed by atoms with E-state index < -0.39 is 23.1 Å². The van der Waals surface area contributed by atoms with Crippen LogP contribution in [0.1, 0.15) is 20.8 Å². The fourth-order valence-electron chi connectivity index (χ4n) is 1.43. The molecule has 0 heterocycles. The van der Waals surface area contributed by atoms with Crippen molar-refractivity contribution in [2.45, 2.75) is 13.8 Å². The van der Waals surface area contributed by atoms with Crippen molar-refractivity contribution < 1.29 is 50.4 Å². The molecule has 0 bridgehead atoms. The normalized spacial score (nSPS) is 11.2. The smallest absolute Gasteiger partial charge is 1.00 e. The molecule has 20 heavy (non-hydrogen) atoms. The van der Waals surface area contributed by atoms with E-state index in [1.807, 2.05) is 0 Å². The minimum absolute atomic E-state index is 0. The number of ketones is 1. The summed E-state index contributed by atoms with van der Waals surface area (Å²) in [6.07, 6.45) is 0. The van der Waals surface area contributed by atoms with Gasteiger partial charge in [0.05, 0.1) is 11.6 Å². The molecule has 0 aliphatic carbocycles. The number of hydrogen-bond acceptors (Lipinski definition) is 4. The first-order valence-electron chi connectivity index (χ1n) is 5.45. The van der Waals surface area contributed by atoms with Crippen LogP contribution in [0.25, 0.3) is 5.76 Å². The van der Waals surface area contributed by atoms with Crippen LogP contribution in [0.3, 0.4) is 0 Å². The van der Waals surface area contributed by atoms with E-state index in [0.717, 1.165) is 6.92 Å². The predicted molar refractivity (Wildman–Crippen MR) is 74.4 cm³/mol. The molecule has 0 saturated carbocycles. The second-order valence-electron chi connectivity index (χ2n) is 3.62. The number of aliphatic hydroxyl groups excluding tert-OH is 1. The third-order valence-electron chi connectivity index (χ3n) is 2.25. The second-order valence-corrected chi connectivity index (χ2v) is 4.47. The Hall–Kier alpha value is -0.520. The van der Waals surface area contributed by atoms with Crippen molar-refractivity contribution in [2.75, 3.05) is 6.61 Å². The van der Waals surface area contributed by atoms with Crippen LogP contribution < -0.4 is 29.6 Å². The molecular weight excluding hydrogens is 314 g/mol. The summed E-state index contributed by atoms with van der Waals surface area (Å²) in [5.41, 5.74) is -0.296. The van der Waals surface area contributed by atoms with E-state index in [1.165, 1.54) is 18.2 Å². The molecule has 1 aromatic carbocycles. The van der Waals surface area contributed by atoms with Gasteiger partial charge < -0.3 is 11.3 Å². The van der Waals surface area contributed by atoms with E-state index in [-0.39, 0.29) is 48.2 Å². The molecule has 7 heteroatoms. The van der Waals surface area contributed by atoms with Gasteiger partial charge in [0, 0.05) is 10.6 Å². The van der Waals surface area contributed by atoms with E-state index in [4.69, 9.17) is 27.9 Å². The Bertz CT molecular complexity index is 561. The zero-order chi connectivity index (χ0) is 14.6. The molecule has 104 valence electrons. The van der Waals surface area contributed by atoms with Crippen molar-refractivity contribution in [3.8, 4) is 0 Å². The average Bonchev–Trinajstić information content (AvgIpc) is 2.28. The number of carbonyl (C=O) groups is 2. The first kappa shape index (κ1) is 19.5. The first-order valence-corrected chi connectivity index (χ1v) is 6.20. The van der Waals surface area contributed by atoms with Gasteiger partial charge in [-0.3, -0.25) is 4.79 Å². The standard InChI is InChI=1S/C13H12Cl2O4.Na.H/c1-3-19-13(18)11(7(2)16)12(17)9-5-4-8(14)6-10(9)15;;/h4-6,17H,3H2,1-2H3;;/q;+1;-1. The zero-order valence-corrected chi connectivity index (χ0v) is 14.9. The van der Waals surface area contributed by atoms with E-state index in [9.17, 15) is 14.7 Å². The maximum Gasteiger partial charge on any atom is 1.00 e. The second kappa shape index (κ2) is 8.70. The Kier molecular flexibility index (Phi) is 8.47. The molecule has 4 nitrogen and oxygen atoms in total. The molecule has 0 radical (unpaired) electrons. The molecule has 0 aromatic heterocycles. The van der Waals surface area contributed by atoms with Gasteiger partial charge in [-0.15, -0.1) is 0 Å². The number of carbonyl (C=O) groups excluding carboxylic acids is 2. The molecule has 0 fully saturated rings. The fourth-order valence-corrected chi connectivity index (χ4v) is 1.92. The maximum atomic E-state index is 11.6. The van der Waals surface area contributed by atoms with Crippen LogP contribution in [0.2, 0.25) is 10.0 Å². The Labute approximate surface area is 150 Å². The van der Waals surface area contributed by atoms with Crippen LogP contribution in [0.15, 0.2) is 23.8 Å². The molecule has 0 atom stereocenters. The largest absolute Gasteiger partial charge is 1.00 e. The minimum atomic E-state index is -0.890. The summed E-state index contributed by atoms with van der Waals surface area (Å²) in [5, 5.41) is 10.6. The van der Waals surface area contributed by atoms with Gasteiger partial charge in [0.15, 0.2) is 5.78 Å². The van der Waals surface area contributed by atoms with Gasteiger partial charge in [0.25, 0.3) is 0 Å². The van der Waals surface area contributed by atoms with E-state index in [0.29, 0.717) is 5.02 Å². The number of aliphatic hydroxyl groups is 1. The Morgan fingerprint density at radius 3 is 2.40 bits per heavy atom. The molecule has 0 amide bonds. The van der Waals surface area contributed by atoms with Crippen LogP contribution in [0.4, 0.5) is 0 Å². The third-order valence-corrected chi connectivity index (χ3v) is 2.80. The fraction of sp³-hybridized carbons (Fsp3) is 0.231. The van der Waals surface area contributed by atoms with Crippen LogP contribution in [-0.2, 0) is 14.3 Å². The Balaban J connectivity index is 0. The van der Waals surface area contributed by atoms with Gasteiger partial charge in [-0.05, 0) is 32.0 Å². The van der Waals surface area contributed by atoms with Gasteiger partial charge in [-0.2, -0.15) is 0 Å². The Morgan fingerprint density at radius 2 is 1.95 bits per heavy atom. The molecule has 0 unspecified atom stereocenters. The molecular formula is C13H13Cl2NaO4. The van der Waals surface area contributed by atoms with Gasteiger partial charge in [-0.25, -0.2) is 4.79 Å². The summed E-state index contributed by atoms with van der Waals surface area (Å²) in [4.78, 5) is 23.1. The topological polar surface area (TPSA) is 63.6 Å². The number of benzene rings is 1. The predicted octanol–water partition coefficient (Wildman–Crippen LogP) is 0.531. The van der Waals surface area contributed by atoms with Crippen molar-refractivity contribution >= 4 is 40.7 Å². The molecule has 0 aliphatic rings. The number of ether oxygens (including phenoxy) is 1. The third kappa shape index (κ3) is 4.79. The number of Topliss-reactive ketones (excluding diaryl/α,β-unsaturated/α-hetero) is 1. The molecule has 0 spiro atoms. The van der Waals surface area contributed by atoms with Crippen molar-refractivity contribution in [2.24, 2.45) is 0 Å². The van der Waals surface area contributed by atoms with E-state index in [1.54, 1.807) is 6.92 Å². The summed E-state index contributed by atoms with van der Waals surface area (Å²) >= 11 is 11.6. The van der Waals surface area contributed by atoms with Gasteiger partial charge >= 0.3 is 35.5 Å². The van der Waals surface area contributed by atoms with E-state index in [2.05, 4.69) is 0 Å². The average molecular weight is 327 g/mol. The van der Waals surface area contributed by atoms with Crippen molar-refractivity contribution in [1.82, 2.24) is 0 Å². The zero-order valence-electron chi connectivity index (χ0n) is 12.4. The van der Waals surface area contributed by atoms with E-state index >= 15 is 0 Å². The quantitative estimate of drug-likeness (QED) is 0.219. The molecule has 1 rings (SSSR count). The number of hydrogen-bond donors (Lipinski definition) is 1. The van der Waals surface area contributed by atoms with Crippen LogP contribution in [0.5, 0.6) is 0 Å². The summed E-state index contributed by atoms with van der Waals surface area (Å²) < 4.78 is 4.72. The van der Waals surface area contributed by atoms with Gasteiger partial charge in [0.1, 0.15) is 11.3 Å². The van der Waals surface area contributed by atoms with Crippen LogP contribution in [0, 0.1) is 0 Å². The van der Waals surface area contributed by atoms with Gasteiger partial charge in [0.2, 0.25) is 0 Å².